The van der Waals surface area contributed by atoms with Crippen molar-refractivity contribution in [3.05, 3.63) is 47.0 Å². The monoisotopic (exact) mass is 444 g/mol. The minimum Gasteiger partial charge on any atom is -0.359 e. The Bertz CT molecular complexity index is 1340. The van der Waals surface area contributed by atoms with E-state index in [9.17, 15) is 4.79 Å². The number of hydrogen-bond donors (Lipinski definition) is 2. The zero-order valence-electron chi connectivity index (χ0n) is 20.1. The Morgan fingerprint density at radius 3 is 2.76 bits per heavy atom. The van der Waals surface area contributed by atoms with Gasteiger partial charge in [-0.05, 0) is 68.2 Å². The highest BCUT2D eigenvalue weighted by molar-refractivity contribution is 5.89. The van der Waals surface area contributed by atoms with Crippen molar-refractivity contribution in [2.75, 3.05) is 7.05 Å². The van der Waals surface area contributed by atoms with Crippen LogP contribution in [0.25, 0.3) is 27.9 Å². The number of amides is 1. The lowest BCUT2D eigenvalue weighted by Gasteiger charge is -2.35. The fourth-order valence-electron chi connectivity index (χ4n) is 5.23. The molecule has 4 aromatic rings. The molecule has 7 heteroatoms. The SMILES string of the molecule is CNC(=O)CCC1CC(c2ccc3[nH]c(-c4cn5ncnc5c(C)c4C)c(C(C)C)c3n2)C1. The van der Waals surface area contributed by atoms with Gasteiger partial charge in [-0.1, -0.05) is 13.8 Å². The lowest BCUT2D eigenvalue weighted by molar-refractivity contribution is -0.121. The van der Waals surface area contributed by atoms with Crippen molar-refractivity contribution >= 4 is 22.6 Å². The van der Waals surface area contributed by atoms with Gasteiger partial charge in [-0.25, -0.2) is 9.50 Å². The summed E-state index contributed by atoms with van der Waals surface area (Å²) in [7, 11) is 1.70. The Kier molecular flexibility index (Phi) is 5.43. The summed E-state index contributed by atoms with van der Waals surface area (Å²) >= 11 is 0. The first-order valence-corrected chi connectivity index (χ1v) is 11.9. The number of rotatable bonds is 6. The van der Waals surface area contributed by atoms with E-state index in [1.54, 1.807) is 13.4 Å². The molecule has 1 saturated carbocycles. The van der Waals surface area contributed by atoms with E-state index in [1.165, 1.54) is 16.8 Å². The molecule has 1 amide bonds. The molecule has 4 heterocycles. The van der Waals surface area contributed by atoms with Crippen LogP contribution in [0.5, 0.6) is 0 Å². The van der Waals surface area contributed by atoms with Gasteiger partial charge in [0.2, 0.25) is 5.91 Å². The molecule has 7 nitrogen and oxygen atoms in total. The molecule has 1 aliphatic rings. The zero-order valence-corrected chi connectivity index (χ0v) is 20.1. The number of aromatic nitrogens is 5. The third kappa shape index (κ3) is 3.69. The predicted molar refractivity (Wildman–Crippen MR) is 130 cm³/mol. The van der Waals surface area contributed by atoms with Crippen molar-refractivity contribution in [3.8, 4) is 11.3 Å². The molecule has 4 aromatic heterocycles. The van der Waals surface area contributed by atoms with Gasteiger partial charge in [-0.2, -0.15) is 5.10 Å². The Morgan fingerprint density at radius 2 is 2.03 bits per heavy atom. The first-order chi connectivity index (χ1) is 15.9. The largest absolute Gasteiger partial charge is 0.359 e. The van der Waals surface area contributed by atoms with Gasteiger partial charge in [-0.3, -0.25) is 9.78 Å². The van der Waals surface area contributed by atoms with Gasteiger partial charge < -0.3 is 10.3 Å². The number of aryl methyl sites for hydroxylation is 1. The standard InChI is InChI=1S/C26H32N6O/c1-14(2)23-24(19-12-32-26(28-13-29-32)16(4)15(19)3)31-21-8-7-20(30-25(21)23)18-10-17(11-18)6-9-22(33)27-5/h7-8,12-14,17-18,31H,6,9-11H2,1-5H3,(H,27,33). The van der Waals surface area contributed by atoms with Crippen molar-refractivity contribution in [3.63, 3.8) is 0 Å². The quantitative estimate of drug-likeness (QED) is 0.436. The first-order valence-electron chi connectivity index (χ1n) is 11.9. The van der Waals surface area contributed by atoms with Gasteiger partial charge in [0.1, 0.15) is 6.33 Å². The summed E-state index contributed by atoms with van der Waals surface area (Å²) in [6.07, 6.45) is 7.50. The number of carbonyl (C=O) groups is 1. The van der Waals surface area contributed by atoms with Gasteiger partial charge in [-0.15, -0.1) is 0 Å². The van der Waals surface area contributed by atoms with E-state index in [4.69, 9.17) is 4.98 Å². The summed E-state index contributed by atoms with van der Waals surface area (Å²) < 4.78 is 1.86. The van der Waals surface area contributed by atoms with Gasteiger partial charge in [0, 0.05) is 42.4 Å². The molecule has 33 heavy (non-hydrogen) atoms. The van der Waals surface area contributed by atoms with E-state index in [-0.39, 0.29) is 5.91 Å². The van der Waals surface area contributed by atoms with Crippen molar-refractivity contribution in [2.45, 2.75) is 65.2 Å². The van der Waals surface area contributed by atoms with E-state index < -0.39 is 0 Å². The highest BCUT2D eigenvalue weighted by Gasteiger charge is 2.32. The second-order valence-corrected chi connectivity index (χ2v) is 9.77. The second kappa shape index (κ2) is 8.28. The van der Waals surface area contributed by atoms with E-state index in [2.05, 4.69) is 66.4 Å². The number of nitrogens with zero attached hydrogens (tertiary/aromatic N) is 4. The van der Waals surface area contributed by atoms with Crippen LogP contribution in [0.15, 0.2) is 24.7 Å². The minimum atomic E-state index is 0.133. The molecule has 0 radical (unpaired) electrons. The van der Waals surface area contributed by atoms with Crippen LogP contribution in [0.1, 0.15) is 73.8 Å². The summed E-state index contributed by atoms with van der Waals surface area (Å²) in [6, 6.07) is 4.35. The van der Waals surface area contributed by atoms with Crippen molar-refractivity contribution in [1.82, 2.24) is 29.9 Å². The number of H-pyrrole nitrogens is 1. The molecule has 0 aromatic carbocycles. The van der Waals surface area contributed by atoms with Gasteiger partial charge in [0.15, 0.2) is 5.65 Å². The van der Waals surface area contributed by atoms with Crippen LogP contribution in [-0.4, -0.2) is 37.5 Å². The van der Waals surface area contributed by atoms with Crippen molar-refractivity contribution in [1.29, 1.82) is 0 Å². The molecular weight excluding hydrogens is 412 g/mol. The van der Waals surface area contributed by atoms with Crippen LogP contribution in [0.2, 0.25) is 0 Å². The van der Waals surface area contributed by atoms with Crippen LogP contribution in [0, 0.1) is 19.8 Å². The van der Waals surface area contributed by atoms with E-state index in [0.29, 0.717) is 24.2 Å². The highest BCUT2D eigenvalue weighted by atomic mass is 16.1. The molecule has 0 spiro atoms. The van der Waals surface area contributed by atoms with Gasteiger partial charge in [0.05, 0.1) is 16.7 Å². The Morgan fingerprint density at radius 1 is 1.24 bits per heavy atom. The van der Waals surface area contributed by atoms with Crippen LogP contribution in [0.3, 0.4) is 0 Å². The maximum atomic E-state index is 11.5. The van der Waals surface area contributed by atoms with Crippen LogP contribution in [-0.2, 0) is 4.79 Å². The molecule has 0 saturated heterocycles. The van der Waals surface area contributed by atoms with Crippen LogP contribution >= 0.6 is 0 Å². The lowest BCUT2D eigenvalue weighted by Crippen LogP contribution is -2.25. The second-order valence-electron chi connectivity index (χ2n) is 9.77. The third-order valence-corrected chi connectivity index (χ3v) is 7.39. The Hall–Kier alpha value is -3.22. The van der Waals surface area contributed by atoms with Gasteiger partial charge in [0.25, 0.3) is 0 Å². The number of nitrogens with one attached hydrogen (secondary N) is 2. The maximum absolute atomic E-state index is 11.5. The molecule has 0 bridgehead atoms. The molecule has 1 fully saturated rings. The van der Waals surface area contributed by atoms with Crippen LogP contribution < -0.4 is 5.32 Å². The van der Waals surface area contributed by atoms with Crippen molar-refractivity contribution in [2.24, 2.45) is 5.92 Å². The smallest absolute Gasteiger partial charge is 0.219 e. The minimum absolute atomic E-state index is 0.133. The zero-order chi connectivity index (χ0) is 23.3. The number of aromatic amines is 1. The van der Waals surface area contributed by atoms with Crippen molar-refractivity contribution < 1.29 is 4.79 Å². The number of fused-ring (bicyclic) bond motifs is 2. The summed E-state index contributed by atoms with van der Waals surface area (Å²) in [5.41, 5.74) is 10.1. The topological polar surface area (TPSA) is 88.0 Å². The van der Waals surface area contributed by atoms with E-state index >= 15 is 0 Å². The Labute approximate surface area is 194 Å². The predicted octanol–water partition coefficient (Wildman–Crippen LogP) is 5.03. The summed E-state index contributed by atoms with van der Waals surface area (Å²) in [5, 5.41) is 7.10. The normalized spacial score (nSPS) is 18.2. The average molecular weight is 445 g/mol. The summed E-state index contributed by atoms with van der Waals surface area (Å²) in [6.45, 7) is 8.72. The molecule has 0 atom stereocenters. The maximum Gasteiger partial charge on any atom is 0.219 e. The molecule has 2 N–H and O–H groups in total. The molecule has 0 aliphatic heterocycles. The number of pyridine rings is 2. The molecule has 0 unspecified atom stereocenters. The molecule has 5 rings (SSSR count). The van der Waals surface area contributed by atoms with E-state index in [1.807, 2.05) is 4.52 Å². The van der Waals surface area contributed by atoms with Gasteiger partial charge >= 0.3 is 0 Å². The number of carbonyl (C=O) groups excluding carboxylic acids is 1. The third-order valence-electron chi connectivity index (χ3n) is 7.39. The highest BCUT2D eigenvalue weighted by Crippen LogP contribution is 2.44. The van der Waals surface area contributed by atoms with E-state index in [0.717, 1.165) is 52.8 Å². The molecule has 1 aliphatic carbocycles. The summed E-state index contributed by atoms with van der Waals surface area (Å²) in [4.78, 5) is 24.8. The fraction of sp³-hybridized carbons (Fsp3) is 0.462. The lowest BCUT2D eigenvalue weighted by atomic mass is 9.71. The fourth-order valence-corrected chi connectivity index (χ4v) is 5.23. The Balaban J connectivity index is 1.50. The number of hydrogen-bond acceptors (Lipinski definition) is 4. The first kappa shape index (κ1) is 21.6. The molecular formula is C26H32N6O. The average Bonchev–Trinajstić information content (AvgIpc) is 3.39. The summed E-state index contributed by atoms with van der Waals surface area (Å²) in [5.74, 6) is 1.56. The molecule has 172 valence electrons. The van der Waals surface area contributed by atoms with Crippen LogP contribution in [0.4, 0.5) is 0 Å².